The Morgan fingerprint density at radius 2 is 2.16 bits per heavy atom. The van der Waals surface area contributed by atoms with Gasteiger partial charge in [-0.05, 0) is 35.6 Å². The van der Waals surface area contributed by atoms with E-state index in [4.69, 9.17) is 0 Å². The summed E-state index contributed by atoms with van der Waals surface area (Å²) < 4.78 is 39.9. The van der Waals surface area contributed by atoms with Crippen molar-refractivity contribution >= 4 is 10.8 Å². The Bertz CT molecular complexity index is 489. The third-order valence-electron chi connectivity index (χ3n) is 3.67. The van der Waals surface area contributed by atoms with Crippen LogP contribution >= 0.6 is 0 Å². The molecule has 2 unspecified atom stereocenters. The largest absolute Gasteiger partial charge is 0.259 e. The zero-order valence-electron chi connectivity index (χ0n) is 10.5. The van der Waals surface area contributed by atoms with Crippen molar-refractivity contribution in [2.24, 2.45) is 5.92 Å². The van der Waals surface area contributed by atoms with Gasteiger partial charge in [0.1, 0.15) is 0 Å². The highest BCUT2D eigenvalue weighted by atomic mass is 32.2. The monoisotopic (exact) mass is 290 g/mol. The minimum Gasteiger partial charge on any atom is -0.259 e. The number of rotatable bonds is 5. The van der Waals surface area contributed by atoms with E-state index in [1.807, 2.05) is 0 Å². The molecule has 106 valence electrons. The van der Waals surface area contributed by atoms with E-state index in [0.29, 0.717) is 24.0 Å². The molecule has 2 saturated carbocycles. The van der Waals surface area contributed by atoms with E-state index >= 15 is 0 Å². The standard InChI is InChI=1S/C11H16F2N4OS/c12-11(13)4-3-8(5-11)6-19(18)7-10-14-15-16-17(10)9-1-2-9/h8-9H,1-7H2. The van der Waals surface area contributed by atoms with Gasteiger partial charge in [0.15, 0.2) is 5.82 Å². The van der Waals surface area contributed by atoms with Crippen LogP contribution in [0.2, 0.25) is 0 Å². The topological polar surface area (TPSA) is 60.7 Å². The van der Waals surface area contributed by atoms with Crippen LogP contribution in [0.25, 0.3) is 0 Å². The molecule has 0 bridgehead atoms. The van der Waals surface area contributed by atoms with Crippen molar-refractivity contribution in [2.75, 3.05) is 5.75 Å². The molecular weight excluding hydrogens is 274 g/mol. The average molecular weight is 290 g/mol. The van der Waals surface area contributed by atoms with E-state index in [9.17, 15) is 13.0 Å². The fraction of sp³-hybridized carbons (Fsp3) is 0.909. The second-order valence-corrected chi connectivity index (χ2v) is 6.99. The van der Waals surface area contributed by atoms with Crippen molar-refractivity contribution in [1.29, 1.82) is 0 Å². The van der Waals surface area contributed by atoms with Gasteiger partial charge in [0.05, 0.1) is 11.8 Å². The van der Waals surface area contributed by atoms with Gasteiger partial charge in [0.2, 0.25) is 5.92 Å². The summed E-state index contributed by atoms with van der Waals surface area (Å²) in [5, 5.41) is 11.4. The third-order valence-corrected chi connectivity index (χ3v) is 5.09. The first-order chi connectivity index (χ1) is 9.03. The van der Waals surface area contributed by atoms with Gasteiger partial charge < -0.3 is 0 Å². The molecule has 0 saturated heterocycles. The lowest BCUT2D eigenvalue weighted by Crippen LogP contribution is -2.15. The molecule has 2 aliphatic carbocycles. The Hall–Kier alpha value is -0.920. The molecule has 8 heteroatoms. The molecule has 5 nitrogen and oxygen atoms in total. The van der Waals surface area contributed by atoms with E-state index in [1.165, 1.54) is 0 Å². The fourth-order valence-electron chi connectivity index (χ4n) is 2.56. The van der Waals surface area contributed by atoms with E-state index in [1.54, 1.807) is 4.68 Å². The van der Waals surface area contributed by atoms with Gasteiger partial charge in [-0.2, -0.15) is 0 Å². The number of nitrogens with zero attached hydrogens (tertiary/aromatic N) is 4. The van der Waals surface area contributed by atoms with Crippen molar-refractivity contribution in [3.8, 4) is 0 Å². The molecule has 0 aliphatic heterocycles. The predicted molar refractivity (Wildman–Crippen MR) is 65.1 cm³/mol. The van der Waals surface area contributed by atoms with Crippen LogP contribution < -0.4 is 0 Å². The van der Waals surface area contributed by atoms with Crippen LogP contribution in [-0.2, 0) is 16.6 Å². The molecule has 0 spiro atoms. The lowest BCUT2D eigenvalue weighted by molar-refractivity contribution is 0.00594. The van der Waals surface area contributed by atoms with Gasteiger partial charge in [-0.25, -0.2) is 13.5 Å². The van der Waals surface area contributed by atoms with Gasteiger partial charge in [0, 0.05) is 29.4 Å². The summed E-state index contributed by atoms with van der Waals surface area (Å²) in [6.45, 7) is 0. The number of hydrogen-bond donors (Lipinski definition) is 0. The minimum atomic E-state index is -2.57. The summed E-state index contributed by atoms with van der Waals surface area (Å²) in [7, 11) is -1.17. The summed E-state index contributed by atoms with van der Waals surface area (Å²) in [4.78, 5) is 0. The first-order valence-electron chi connectivity index (χ1n) is 6.53. The van der Waals surface area contributed by atoms with Crippen LogP contribution in [-0.4, -0.2) is 36.1 Å². The second kappa shape index (κ2) is 4.88. The normalized spacial score (nSPS) is 27.6. The minimum absolute atomic E-state index is 0.0747. The maximum atomic E-state index is 13.1. The molecule has 1 heterocycles. The maximum Gasteiger partial charge on any atom is 0.248 e. The SMILES string of the molecule is O=S(Cc1nnnn1C1CC1)CC1CCC(F)(F)C1. The van der Waals surface area contributed by atoms with Gasteiger partial charge in [-0.3, -0.25) is 4.21 Å². The number of hydrogen-bond acceptors (Lipinski definition) is 4. The van der Waals surface area contributed by atoms with Crippen LogP contribution in [0, 0.1) is 5.92 Å². The maximum absolute atomic E-state index is 13.1. The number of tetrazole rings is 1. The van der Waals surface area contributed by atoms with Gasteiger partial charge in [-0.15, -0.1) is 5.10 Å². The quantitative estimate of drug-likeness (QED) is 0.828. The van der Waals surface area contributed by atoms with Gasteiger partial charge in [-0.1, -0.05) is 0 Å². The van der Waals surface area contributed by atoms with Crippen molar-refractivity contribution in [3.63, 3.8) is 0 Å². The van der Waals surface area contributed by atoms with Crippen molar-refractivity contribution in [1.82, 2.24) is 20.2 Å². The zero-order chi connectivity index (χ0) is 13.5. The molecule has 2 fully saturated rings. The Morgan fingerprint density at radius 1 is 1.37 bits per heavy atom. The van der Waals surface area contributed by atoms with Crippen molar-refractivity contribution in [3.05, 3.63) is 5.82 Å². The molecule has 0 amide bonds. The Labute approximate surface area is 112 Å². The smallest absolute Gasteiger partial charge is 0.248 e. The van der Waals surface area contributed by atoms with Crippen molar-refractivity contribution < 1.29 is 13.0 Å². The summed E-state index contributed by atoms with van der Waals surface area (Å²) in [5.74, 6) is -1.49. The third kappa shape index (κ3) is 3.16. The number of aromatic nitrogens is 4. The zero-order valence-corrected chi connectivity index (χ0v) is 11.3. The van der Waals surface area contributed by atoms with E-state index < -0.39 is 16.7 Å². The van der Waals surface area contributed by atoms with E-state index in [-0.39, 0.29) is 24.5 Å². The molecule has 0 N–H and O–H groups in total. The molecule has 2 aliphatic rings. The highest BCUT2D eigenvalue weighted by Crippen LogP contribution is 2.39. The lowest BCUT2D eigenvalue weighted by atomic mass is 10.1. The summed E-state index contributed by atoms with van der Waals surface area (Å²) in [6.07, 6.45) is 2.37. The highest BCUT2D eigenvalue weighted by molar-refractivity contribution is 7.84. The summed E-state index contributed by atoms with van der Waals surface area (Å²) >= 11 is 0. The van der Waals surface area contributed by atoms with Gasteiger partial charge in [0.25, 0.3) is 0 Å². The molecule has 19 heavy (non-hydrogen) atoms. The van der Waals surface area contributed by atoms with E-state index in [2.05, 4.69) is 15.5 Å². The van der Waals surface area contributed by atoms with E-state index in [0.717, 1.165) is 12.8 Å². The summed E-state index contributed by atoms with van der Waals surface area (Å²) in [6, 6.07) is 0.345. The first kappa shape index (κ1) is 13.1. The van der Waals surface area contributed by atoms with Gasteiger partial charge >= 0.3 is 0 Å². The molecule has 1 aromatic rings. The Balaban J connectivity index is 1.55. The lowest BCUT2D eigenvalue weighted by Gasteiger charge is -2.10. The Morgan fingerprint density at radius 3 is 2.79 bits per heavy atom. The van der Waals surface area contributed by atoms with Crippen LogP contribution in [0.15, 0.2) is 0 Å². The fourth-order valence-corrected chi connectivity index (χ4v) is 3.97. The predicted octanol–water partition coefficient (Wildman–Crippen LogP) is 1.69. The Kier molecular flexibility index (Phi) is 3.36. The van der Waals surface area contributed by atoms with Crippen LogP contribution in [0.4, 0.5) is 8.78 Å². The van der Waals surface area contributed by atoms with Crippen LogP contribution in [0.5, 0.6) is 0 Å². The van der Waals surface area contributed by atoms with Crippen LogP contribution in [0.1, 0.15) is 44.0 Å². The first-order valence-corrected chi connectivity index (χ1v) is 8.02. The molecule has 0 aromatic carbocycles. The molecule has 3 rings (SSSR count). The highest BCUT2D eigenvalue weighted by Gasteiger charge is 2.40. The number of alkyl halides is 2. The second-order valence-electron chi connectivity index (χ2n) is 5.49. The molecule has 0 radical (unpaired) electrons. The average Bonchev–Trinajstić information content (AvgIpc) is 2.98. The number of halogens is 2. The molecular formula is C11H16F2N4OS. The van der Waals surface area contributed by atoms with Crippen molar-refractivity contribution in [2.45, 2.75) is 49.8 Å². The van der Waals surface area contributed by atoms with Crippen LogP contribution in [0.3, 0.4) is 0 Å². The summed E-state index contributed by atoms with van der Waals surface area (Å²) in [5.41, 5.74) is 0. The molecule has 1 aromatic heterocycles. The molecule has 2 atom stereocenters.